The Hall–Kier alpha value is -3.36. The lowest BCUT2D eigenvalue weighted by Gasteiger charge is -2.32. The number of hydrogen-bond acceptors (Lipinski definition) is 4. The van der Waals surface area contributed by atoms with Crippen molar-refractivity contribution in [3.05, 3.63) is 94.0 Å². The SMILES string of the molecule is Cc1ccc(CN(C(=O)CN(c2ccc(C)c(C)c2)S(=O)(=O)c2ccc(Cl)cc2)C(C)C(=O)NCC(C)C)cc1. The summed E-state index contributed by atoms with van der Waals surface area (Å²) >= 11 is 6.01. The Kier molecular flexibility index (Phi) is 10.4. The first-order chi connectivity index (χ1) is 18.8. The van der Waals surface area contributed by atoms with E-state index in [-0.39, 0.29) is 23.3 Å². The molecular formula is C31H38ClN3O4S. The van der Waals surface area contributed by atoms with E-state index in [0.717, 1.165) is 26.6 Å². The van der Waals surface area contributed by atoms with Gasteiger partial charge in [-0.1, -0.05) is 61.3 Å². The largest absolute Gasteiger partial charge is 0.354 e. The van der Waals surface area contributed by atoms with Crippen molar-refractivity contribution in [3.8, 4) is 0 Å². The standard InChI is InChI=1S/C31H38ClN3O4S/c1-21(2)18-33-31(37)25(6)34(19-26-10-7-22(3)8-11-26)30(36)20-35(28-14-9-23(4)24(5)17-28)40(38,39)29-15-12-27(32)13-16-29/h7-17,21,25H,18-20H2,1-6H3,(H,33,37). The van der Waals surface area contributed by atoms with Crippen molar-refractivity contribution in [2.75, 3.05) is 17.4 Å². The van der Waals surface area contributed by atoms with Crippen LogP contribution in [0.25, 0.3) is 0 Å². The fourth-order valence-corrected chi connectivity index (χ4v) is 5.60. The molecule has 0 fully saturated rings. The van der Waals surface area contributed by atoms with E-state index in [0.29, 0.717) is 17.3 Å². The molecule has 9 heteroatoms. The van der Waals surface area contributed by atoms with E-state index in [1.807, 2.05) is 65.0 Å². The summed E-state index contributed by atoms with van der Waals surface area (Å²) in [5, 5.41) is 3.30. The van der Waals surface area contributed by atoms with Gasteiger partial charge in [0.15, 0.2) is 0 Å². The summed E-state index contributed by atoms with van der Waals surface area (Å²) in [6.07, 6.45) is 0. The van der Waals surface area contributed by atoms with Crippen molar-refractivity contribution >= 4 is 39.1 Å². The number of hydrogen-bond donors (Lipinski definition) is 1. The Balaban J connectivity index is 2.03. The molecule has 1 atom stereocenters. The number of benzene rings is 3. The average Bonchev–Trinajstić information content (AvgIpc) is 2.91. The van der Waals surface area contributed by atoms with Crippen LogP contribution in [0, 0.1) is 26.7 Å². The predicted octanol–water partition coefficient (Wildman–Crippen LogP) is 5.65. The minimum Gasteiger partial charge on any atom is -0.354 e. The van der Waals surface area contributed by atoms with E-state index in [4.69, 9.17) is 11.6 Å². The monoisotopic (exact) mass is 583 g/mol. The zero-order valence-corrected chi connectivity index (χ0v) is 25.5. The Labute approximate surface area is 243 Å². The summed E-state index contributed by atoms with van der Waals surface area (Å²) in [7, 11) is -4.15. The van der Waals surface area contributed by atoms with Crippen molar-refractivity contribution in [2.45, 2.75) is 59.0 Å². The molecule has 0 saturated carbocycles. The molecule has 0 radical (unpaired) electrons. The van der Waals surface area contributed by atoms with Crippen molar-refractivity contribution in [1.82, 2.24) is 10.2 Å². The van der Waals surface area contributed by atoms with Gasteiger partial charge in [-0.15, -0.1) is 0 Å². The van der Waals surface area contributed by atoms with Gasteiger partial charge in [0.25, 0.3) is 10.0 Å². The third-order valence-corrected chi connectivity index (χ3v) is 8.82. The molecule has 3 aromatic rings. The molecule has 0 aliphatic carbocycles. The summed E-state index contributed by atoms with van der Waals surface area (Å²) in [6, 6.07) is 18.0. The molecule has 3 aromatic carbocycles. The zero-order valence-electron chi connectivity index (χ0n) is 23.9. The summed E-state index contributed by atoms with van der Waals surface area (Å²) < 4.78 is 28.9. The Bertz CT molecular complexity index is 1440. The smallest absolute Gasteiger partial charge is 0.264 e. The van der Waals surface area contributed by atoms with Crippen LogP contribution in [0.3, 0.4) is 0 Å². The highest BCUT2D eigenvalue weighted by atomic mass is 35.5. The van der Waals surface area contributed by atoms with Crippen molar-refractivity contribution in [1.29, 1.82) is 0 Å². The Morgan fingerprint density at radius 2 is 1.50 bits per heavy atom. The molecule has 0 aliphatic rings. The number of rotatable bonds is 11. The number of nitrogens with zero attached hydrogens (tertiary/aromatic N) is 2. The number of amides is 2. The van der Waals surface area contributed by atoms with Crippen LogP contribution in [-0.4, -0.2) is 44.3 Å². The molecule has 0 bridgehead atoms. The Morgan fingerprint density at radius 1 is 0.875 bits per heavy atom. The second-order valence-corrected chi connectivity index (χ2v) is 12.9. The highest BCUT2D eigenvalue weighted by Gasteiger charge is 2.32. The quantitative estimate of drug-likeness (QED) is 0.316. The van der Waals surface area contributed by atoms with E-state index in [9.17, 15) is 18.0 Å². The first kappa shape index (κ1) is 31.2. The second-order valence-electron chi connectivity index (χ2n) is 10.6. The number of sulfonamides is 1. The molecule has 0 spiro atoms. The maximum absolute atomic E-state index is 14.0. The van der Waals surface area contributed by atoms with Gasteiger partial charge < -0.3 is 10.2 Å². The predicted molar refractivity (Wildman–Crippen MR) is 161 cm³/mol. The second kappa shape index (κ2) is 13.3. The third kappa shape index (κ3) is 7.86. The fraction of sp³-hybridized carbons (Fsp3) is 0.355. The number of carbonyl (C=O) groups is 2. The van der Waals surface area contributed by atoms with Gasteiger partial charge in [-0.2, -0.15) is 0 Å². The topological polar surface area (TPSA) is 86.8 Å². The van der Waals surface area contributed by atoms with Gasteiger partial charge in [0, 0.05) is 18.1 Å². The minimum absolute atomic E-state index is 0.00994. The molecule has 0 aromatic heterocycles. The minimum atomic E-state index is -4.15. The van der Waals surface area contributed by atoms with Crippen LogP contribution >= 0.6 is 11.6 Å². The number of anilines is 1. The molecule has 40 heavy (non-hydrogen) atoms. The number of aryl methyl sites for hydroxylation is 3. The van der Waals surface area contributed by atoms with Gasteiger partial charge in [-0.05, 0) is 86.7 Å². The molecular weight excluding hydrogens is 546 g/mol. The van der Waals surface area contributed by atoms with E-state index >= 15 is 0 Å². The highest BCUT2D eigenvalue weighted by molar-refractivity contribution is 7.92. The van der Waals surface area contributed by atoms with Crippen molar-refractivity contribution in [3.63, 3.8) is 0 Å². The average molecular weight is 584 g/mol. The van der Waals surface area contributed by atoms with Gasteiger partial charge in [-0.25, -0.2) is 8.42 Å². The van der Waals surface area contributed by atoms with Gasteiger partial charge in [0.2, 0.25) is 11.8 Å². The van der Waals surface area contributed by atoms with Gasteiger partial charge in [-0.3, -0.25) is 13.9 Å². The van der Waals surface area contributed by atoms with Crippen LogP contribution < -0.4 is 9.62 Å². The van der Waals surface area contributed by atoms with Gasteiger partial charge >= 0.3 is 0 Å². The number of carbonyl (C=O) groups excluding carboxylic acids is 2. The molecule has 0 saturated heterocycles. The van der Waals surface area contributed by atoms with Crippen LogP contribution in [0.4, 0.5) is 5.69 Å². The molecule has 0 aliphatic heterocycles. The third-order valence-electron chi connectivity index (χ3n) is 6.78. The van der Waals surface area contributed by atoms with E-state index in [1.54, 1.807) is 19.1 Å². The van der Waals surface area contributed by atoms with E-state index in [2.05, 4.69) is 5.32 Å². The number of nitrogens with one attached hydrogen (secondary N) is 1. The van der Waals surface area contributed by atoms with Crippen LogP contribution in [0.1, 0.15) is 43.0 Å². The van der Waals surface area contributed by atoms with Crippen LogP contribution in [-0.2, 0) is 26.2 Å². The van der Waals surface area contributed by atoms with Crippen molar-refractivity contribution < 1.29 is 18.0 Å². The van der Waals surface area contributed by atoms with Gasteiger partial charge in [0.1, 0.15) is 12.6 Å². The molecule has 2 amide bonds. The normalized spacial score (nSPS) is 12.2. The van der Waals surface area contributed by atoms with Crippen LogP contribution in [0.15, 0.2) is 71.6 Å². The number of halogens is 1. The van der Waals surface area contributed by atoms with Gasteiger partial charge in [0.05, 0.1) is 10.6 Å². The lowest BCUT2D eigenvalue weighted by atomic mass is 10.1. The van der Waals surface area contributed by atoms with E-state index < -0.39 is 28.5 Å². The molecule has 0 heterocycles. The molecule has 214 valence electrons. The maximum atomic E-state index is 14.0. The first-order valence-electron chi connectivity index (χ1n) is 13.3. The highest BCUT2D eigenvalue weighted by Crippen LogP contribution is 2.27. The summed E-state index contributed by atoms with van der Waals surface area (Å²) in [5.41, 5.74) is 4.15. The van der Waals surface area contributed by atoms with Crippen LogP contribution in [0.2, 0.25) is 5.02 Å². The van der Waals surface area contributed by atoms with Crippen molar-refractivity contribution in [2.24, 2.45) is 5.92 Å². The van der Waals surface area contributed by atoms with Crippen LogP contribution in [0.5, 0.6) is 0 Å². The lowest BCUT2D eigenvalue weighted by Crippen LogP contribution is -2.51. The first-order valence-corrected chi connectivity index (χ1v) is 15.1. The summed E-state index contributed by atoms with van der Waals surface area (Å²) in [4.78, 5) is 28.5. The lowest BCUT2D eigenvalue weighted by molar-refractivity contribution is -0.139. The summed E-state index contributed by atoms with van der Waals surface area (Å²) in [5.74, 6) is -0.557. The molecule has 7 nitrogen and oxygen atoms in total. The molecule has 1 unspecified atom stereocenters. The zero-order chi connectivity index (χ0) is 29.6. The maximum Gasteiger partial charge on any atom is 0.264 e. The summed E-state index contributed by atoms with van der Waals surface area (Å²) in [6.45, 7) is 11.6. The van der Waals surface area contributed by atoms with E-state index in [1.165, 1.54) is 29.2 Å². The molecule has 1 N–H and O–H groups in total. The Morgan fingerprint density at radius 3 is 2.08 bits per heavy atom. The fourth-order valence-electron chi connectivity index (χ4n) is 4.07. The molecule has 3 rings (SSSR count).